The van der Waals surface area contributed by atoms with Gasteiger partial charge in [0.25, 0.3) is 0 Å². The molecule has 0 spiro atoms. The Hall–Kier alpha value is -1.24. The van der Waals surface area contributed by atoms with E-state index in [0.717, 1.165) is 37.6 Å². The minimum absolute atomic E-state index is 0.0370. The maximum Gasteiger partial charge on any atom is 0.220 e. The van der Waals surface area contributed by atoms with Crippen molar-refractivity contribution in [2.45, 2.75) is 12.8 Å². The third kappa shape index (κ3) is 5.03. The molecule has 0 aliphatic carbocycles. The highest BCUT2D eigenvalue weighted by Crippen LogP contribution is 2.12. The highest BCUT2D eigenvalue weighted by Gasteiger charge is 2.11. The number of piperazine rings is 1. The second-order valence-corrected chi connectivity index (χ2v) is 5.79. The molecule has 1 aromatic heterocycles. The van der Waals surface area contributed by atoms with Crippen LogP contribution in [0.2, 0.25) is 0 Å². The van der Waals surface area contributed by atoms with Crippen LogP contribution in [0.4, 0.5) is 0 Å². The summed E-state index contributed by atoms with van der Waals surface area (Å²) in [5, 5.41) is 8.05. The van der Waals surface area contributed by atoms with Crippen molar-refractivity contribution < 1.29 is 9.59 Å². The molecular weight excluding hydrogens is 274 g/mol. The number of Topliss-reactive ketones (excluding diaryl/α,β-unsaturated/α-hetero) is 1. The SMILES string of the molecule is O=C(CCC(=O)c1cccs1)NCCN1CCNCC1. The molecule has 6 heteroatoms. The van der Waals surface area contributed by atoms with Crippen LogP contribution < -0.4 is 10.6 Å². The number of nitrogens with one attached hydrogen (secondary N) is 2. The molecule has 0 unspecified atom stereocenters. The van der Waals surface area contributed by atoms with Gasteiger partial charge in [0, 0.05) is 52.1 Å². The number of thiophene rings is 1. The molecular formula is C14H21N3O2S. The lowest BCUT2D eigenvalue weighted by Crippen LogP contribution is -2.46. The molecule has 0 aromatic carbocycles. The van der Waals surface area contributed by atoms with Gasteiger partial charge in [-0.25, -0.2) is 0 Å². The predicted octanol–water partition coefficient (Wildman–Crippen LogP) is 0.732. The first-order valence-electron chi connectivity index (χ1n) is 7.02. The number of nitrogens with zero attached hydrogens (tertiary/aromatic N) is 1. The van der Waals surface area contributed by atoms with Crippen LogP contribution in [0.15, 0.2) is 17.5 Å². The zero-order chi connectivity index (χ0) is 14.2. The molecule has 20 heavy (non-hydrogen) atoms. The van der Waals surface area contributed by atoms with Crippen molar-refractivity contribution in [3.05, 3.63) is 22.4 Å². The van der Waals surface area contributed by atoms with E-state index in [1.165, 1.54) is 11.3 Å². The van der Waals surface area contributed by atoms with E-state index >= 15 is 0 Å². The van der Waals surface area contributed by atoms with Crippen molar-refractivity contribution in [3.63, 3.8) is 0 Å². The molecule has 0 bridgehead atoms. The second-order valence-electron chi connectivity index (χ2n) is 4.84. The minimum Gasteiger partial charge on any atom is -0.355 e. The fourth-order valence-corrected chi connectivity index (χ4v) is 2.86. The molecule has 110 valence electrons. The van der Waals surface area contributed by atoms with Gasteiger partial charge in [-0.2, -0.15) is 0 Å². The van der Waals surface area contributed by atoms with Gasteiger partial charge in [-0.05, 0) is 11.4 Å². The minimum atomic E-state index is -0.0370. The lowest BCUT2D eigenvalue weighted by Gasteiger charge is -2.27. The number of carbonyl (C=O) groups is 2. The molecule has 0 atom stereocenters. The van der Waals surface area contributed by atoms with Gasteiger partial charge in [0.05, 0.1) is 4.88 Å². The molecule has 2 N–H and O–H groups in total. The molecule has 5 nitrogen and oxygen atoms in total. The molecule has 0 radical (unpaired) electrons. The van der Waals surface area contributed by atoms with E-state index in [-0.39, 0.29) is 18.1 Å². The normalized spacial score (nSPS) is 16.0. The number of amides is 1. The Bertz CT molecular complexity index is 428. The smallest absolute Gasteiger partial charge is 0.220 e. The maximum atomic E-state index is 11.7. The van der Waals surface area contributed by atoms with Gasteiger partial charge in [-0.3, -0.25) is 14.5 Å². The Balaban J connectivity index is 1.57. The van der Waals surface area contributed by atoms with Crippen LogP contribution in [-0.4, -0.2) is 55.9 Å². The average molecular weight is 295 g/mol. The first kappa shape index (κ1) is 15.2. The van der Waals surface area contributed by atoms with Crippen molar-refractivity contribution in [3.8, 4) is 0 Å². The molecule has 1 aliphatic rings. The van der Waals surface area contributed by atoms with Gasteiger partial charge in [0.15, 0.2) is 5.78 Å². The van der Waals surface area contributed by atoms with Gasteiger partial charge in [0.2, 0.25) is 5.91 Å². The van der Waals surface area contributed by atoms with E-state index in [1.54, 1.807) is 6.07 Å². The summed E-state index contributed by atoms with van der Waals surface area (Å²) in [4.78, 5) is 26.5. The van der Waals surface area contributed by atoms with Crippen LogP contribution in [0.1, 0.15) is 22.5 Å². The van der Waals surface area contributed by atoms with Gasteiger partial charge in [-0.1, -0.05) is 6.07 Å². The quantitative estimate of drug-likeness (QED) is 0.728. The summed E-state index contributed by atoms with van der Waals surface area (Å²) in [6.07, 6.45) is 0.568. The largest absolute Gasteiger partial charge is 0.355 e. The average Bonchev–Trinajstić information content (AvgIpc) is 3.00. The predicted molar refractivity (Wildman–Crippen MR) is 80.2 cm³/mol. The number of carbonyl (C=O) groups excluding carboxylic acids is 2. The Labute approximate surface area is 123 Å². The summed E-state index contributed by atoms with van der Waals surface area (Å²) in [5.74, 6) is 0.0160. The van der Waals surface area contributed by atoms with E-state index in [4.69, 9.17) is 0 Å². The fraction of sp³-hybridized carbons (Fsp3) is 0.571. The first-order chi connectivity index (χ1) is 9.75. The topological polar surface area (TPSA) is 61.4 Å². The van der Waals surface area contributed by atoms with E-state index in [2.05, 4.69) is 15.5 Å². The number of hydrogen-bond acceptors (Lipinski definition) is 5. The van der Waals surface area contributed by atoms with Crippen molar-refractivity contribution in [1.29, 1.82) is 0 Å². The van der Waals surface area contributed by atoms with E-state index in [1.807, 2.05) is 11.4 Å². The number of ketones is 1. The summed E-state index contributed by atoms with van der Waals surface area (Å²) in [5.41, 5.74) is 0. The molecule has 2 rings (SSSR count). The number of rotatable bonds is 7. The highest BCUT2D eigenvalue weighted by molar-refractivity contribution is 7.12. The zero-order valence-electron chi connectivity index (χ0n) is 11.6. The Morgan fingerprint density at radius 3 is 2.80 bits per heavy atom. The van der Waals surface area contributed by atoms with Gasteiger partial charge in [0.1, 0.15) is 0 Å². The van der Waals surface area contributed by atoms with Crippen LogP contribution in [0.3, 0.4) is 0 Å². The maximum absolute atomic E-state index is 11.7. The monoisotopic (exact) mass is 295 g/mol. The van der Waals surface area contributed by atoms with E-state index in [9.17, 15) is 9.59 Å². The summed E-state index contributed by atoms with van der Waals surface area (Å²) in [6.45, 7) is 5.64. The third-order valence-corrected chi connectivity index (χ3v) is 4.25. The summed E-state index contributed by atoms with van der Waals surface area (Å²) < 4.78 is 0. The van der Waals surface area contributed by atoms with E-state index in [0.29, 0.717) is 13.0 Å². The molecule has 0 saturated carbocycles. The summed E-state index contributed by atoms with van der Waals surface area (Å²) >= 11 is 1.43. The van der Waals surface area contributed by atoms with E-state index < -0.39 is 0 Å². The lowest BCUT2D eigenvalue weighted by molar-refractivity contribution is -0.121. The van der Waals surface area contributed by atoms with Crippen molar-refractivity contribution in [2.75, 3.05) is 39.3 Å². The molecule has 1 aromatic rings. The highest BCUT2D eigenvalue weighted by atomic mass is 32.1. The molecule has 1 saturated heterocycles. The number of hydrogen-bond donors (Lipinski definition) is 2. The van der Waals surface area contributed by atoms with Crippen molar-refractivity contribution in [1.82, 2.24) is 15.5 Å². The molecule has 2 heterocycles. The van der Waals surface area contributed by atoms with Crippen molar-refractivity contribution in [2.24, 2.45) is 0 Å². The molecule has 1 aliphatic heterocycles. The fourth-order valence-electron chi connectivity index (χ4n) is 2.16. The third-order valence-electron chi connectivity index (χ3n) is 3.33. The summed E-state index contributed by atoms with van der Waals surface area (Å²) in [6, 6.07) is 3.65. The Morgan fingerprint density at radius 2 is 2.10 bits per heavy atom. The van der Waals surface area contributed by atoms with Crippen LogP contribution in [0, 0.1) is 0 Å². The van der Waals surface area contributed by atoms with Crippen LogP contribution in [0.25, 0.3) is 0 Å². The van der Waals surface area contributed by atoms with Crippen LogP contribution in [0.5, 0.6) is 0 Å². The van der Waals surface area contributed by atoms with Crippen LogP contribution >= 0.6 is 11.3 Å². The summed E-state index contributed by atoms with van der Waals surface area (Å²) in [7, 11) is 0. The van der Waals surface area contributed by atoms with Gasteiger partial charge >= 0.3 is 0 Å². The zero-order valence-corrected chi connectivity index (χ0v) is 12.4. The lowest BCUT2D eigenvalue weighted by atomic mass is 10.2. The first-order valence-corrected chi connectivity index (χ1v) is 7.90. The second kappa shape index (κ2) is 8.14. The van der Waals surface area contributed by atoms with Gasteiger partial charge in [-0.15, -0.1) is 11.3 Å². The Kier molecular flexibility index (Phi) is 6.17. The molecule has 1 amide bonds. The van der Waals surface area contributed by atoms with Crippen LogP contribution in [-0.2, 0) is 4.79 Å². The standard InChI is InChI=1S/C14H21N3O2S/c18-12(13-2-1-11-20-13)3-4-14(19)16-7-10-17-8-5-15-6-9-17/h1-2,11,15H,3-10H2,(H,16,19). The Morgan fingerprint density at radius 1 is 1.30 bits per heavy atom. The van der Waals surface area contributed by atoms with Crippen molar-refractivity contribution >= 4 is 23.0 Å². The molecule has 1 fully saturated rings. The van der Waals surface area contributed by atoms with Gasteiger partial charge < -0.3 is 10.6 Å².